The summed E-state index contributed by atoms with van der Waals surface area (Å²) in [6.45, 7) is 11.4. The third-order valence-corrected chi connectivity index (χ3v) is 9.71. The summed E-state index contributed by atoms with van der Waals surface area (Å²) in [5.41, 5.74) is 2.55. The predicted octanol–water partition coefficient (Wildman–Crippen LogP) is 4.72. The van der Waals surface area contributed by atoms with E-state index in [1.165, 1.54) is 0 Å². The number of urea groups is 1. The summed E-state index contributed by atoms with van der Waals surface area (Å²) in [5.74, 6) is -2.58. The Balaban J connectivity index is 1.11. The number of carbonyl (C=O) groups is 2. The average Bonchev–Trinajstić information content (AvgIpc) is 3.23. The smallest absolute Gasteiger partial charge is 0.320 e. The van der Waals surface area contributed by atoms with Crippen LogP contribution in [-0.2, 0) is 0 Å². The minimum atomic E-state index is -2.58. The third-order valence-electron chi connectivity index (χ3n) is 9.71. The van der Waals surface area contributed by atoms with Crippen LogP contribution in [0.3, 0.4) is 0 Å². The summed E-state index contributed by atoms with van der Waals surface area (Å²) in [5, 5.41) is 0. The fraction of sp³-hybridized carbons (Fsp3) is 0.759. The first-order chi connectivity index (χ1) is 18.1. The molecular formula is C29H43F2N5O2. The molecule has 4 aliphatic rings. The topological polar surface area (TPSA) is 60.0 Å². The molecule has 0 N–H and O–H groups in total. The van der Waals surface area contributed by atoms with Crippen LogP contribution in [-0.4, -0.2) is 99.8 Å². The maximum atomic E-state index is 13.8. The highest BCUT2D eigenvalue weighted by Gasteiger charge is 2.43. The lowest BCUT2D eigenvalue weighted by Crippen LogP contribution is -2.58. The largest absolute Gasteiger partial charge is 0.338 e. The molecule has 7 nitrogen and oxygen atoms in total. The van der Waals surface area contributed by atoms with Crippen molar-refractivity contribution in [2.75, 3.05) is 45.8 Å². The molecule has 9 heteroatoms. The monoisotopic (exact) mass is 531 g/mol. The van der Waals surface area contributed by atoms with Crippen molar-refractivity contribution in [3.05, 3.63) is 29.1 Å². The van der Waals surface area contributed by atoms with Gasteiger partial charge in [0.15, 0.2) is 0 Å². The molecule has 1 aliphatic carbocycles. The van der Waals surface area contributed by atoms with Gasteiger partial charge in [0.1, 0.15) is 0 Å². The molecule has 1 unspecified atom stereocenters. The lowest BCUT2D eigenvalue weighted by Gasteiger charge is -2.50. The number of nitrogens with zero attached hydrogens (tertiary/aromatic N) is 5. The molecule has 3 aliphatic heterocycles. The van der Waals surface area contributed by atoms with E-state index in [4.69, 9.17) is 0 Å². The zero-order chi connectivity index (χ0) is 27.1. The summed E-state index contributed by atoms with van der Waals surface area (Å²) in [6, 6.07) is 2.16. The molecule has 38 heavy (non-hydrogen) atoms. The zero-order valence-corrected chi connectivity index (χ0v) is 23.2. The van der Waals surface area contributed by atoms with Crippen LogP contribution in [0, 0.1) is 19.8 Å². The van der Waals surface area contributed by atoms with Crippen LogP contribution < -0.4 is 0 Å². The summed E-state index contributed by atoms with van der Waals surface area (Å²) >= 11 is 0. The first-order valence-corrected chi connectivity index (χ1v) is 14.5. The highest BCUT2D eigenvalue weighted by atomic mass is 19.3. The molecule has 1 aromatic rings. The van der Waals surface area contributed by atoms with Crippen molar-refractivity contribution in [1.82, 2.24) is 24.6 Å². The Morgan fingerprint density at radius 2 is 1.74 bits per heavy atom. The molecule has 0 radical (unpaired) electrons. The molecule has 1 saturated carbocycles. The van der Waals surface area contributed by atoms with Crippen molar-refractivity contribution in [2.24, 2.45) is 5.92 Å². The van der Waals surface area contributed by atoms with E-state index in [9.17, 15) is 18.4 Å². The minimum absolute atomic E-state index is 0.0146. The highest BCUT2D eigenvalue weighted by molar-refractivity contribution is 5.96. The van der Waals surface area contributed by atoms with Gasteiger partial charge in [0, 0.05) is 76.4 Å². The van der Waals surface area contributed by atoms with Crippen LogP contribution in [0.1, 0.15) is 79.9 Å². The van der Waals surface area contributed by atoms with Crippen molar-refractivity contribution in [3.63, 3.8) is 0 Å². The number of rotatable bonds is 5. The quantitative estimate of drug-likeness (QED) is 0.552. The molecule has 1 aromatic heterocycles. The molecule has 0 spiro atoms. The lowest BCUT2D eigenvalue weighted by atomic mass is 9.85. The van der Waals surface area contributed by atoms with Crippen LogP contribution in [0.25, 0.3) is 0 Å². The molecule has 4 fully saturated rings. The van der Waals surface area contributed by atoms with Gasteiger partial charge in [0.2, 0.25) is 5.92 Å². The molecule has 0 bridgehead atoms. The standard InChI is InChI=1S/C29H43F2N5O2/c1-21-6-12-32-22(2)25(21)26(37)33-15-10-28(3,11-16-33)35-13-7-24(8-14-35)36-18-17-34(27(36)38)20-23-5-4-9-29(30,31)19-23/h6,12,23-24H,4-5,7-11,13-20H2,1-3H3. The van der Waals surface area contributed by atoms with Crippen LogP contribution in [0.2, 0.25) is 0 Å². The van der Waals surface area contributed by atoms with Gasteiger partial charge in [-0.25, -0.2) is 13.6 Å². The van der Waals surface area contributed by atoms with Gasteiger partial charge in [0.25, 0.3) is 5.91 Å². The fourth-order valence-electron chi connectivity index (χ4n) is 7.25. The average molecular weight is 532 g/mol. The molecule has 1 atom stereocenters. The fourth-order valence-corrected chi connectivity index (χ4v) is 7.25. The van der Waals surface area contributed by atoms with E-state index in [1.807, 2.05) is 34.6 Å². The van der Waals surface area contributed by atoms with E-state index in [1.54, 1.807) is 6.20 Å². The van der Waals surface area contributed by atoms with E-state index >= 15 is 0 Å². The normalized spacial score (nSPS) is 26.7. The summed E-state index contributed by atoms with van der Waals surface area (Å²) in [6.07, 6.45) is 6.74. The maximum Gasteiger partial charge on any atom is 0.320 e. The number of aryl methyl sites for hydroxylation is 2. The molecule has 4 heterocycles. The van der Waals surface area contributed by atoms with Crippen LogP contribution in [0.5, 0.6) is 0 Å². The zero-order valence-electron chi connectivity index (χ0n) is 23.2. The molecule has 0 aromatic carbocycles. The number of pyridine rings is 1. The van der Waals surface area contributed by atoms with Gasteiger partial charge >= 0.3 is 6.03 Å². The van der Waals surface area contributed by atoms with Crippen LogP contribution >= 0.6 is 0 Å². The van der Waals surface area contributed by atoms with Crippen molar-refractivity contribution in [2.45, 2.75) is 89.6 Å². The molecular weight excluding hydrogens is 488 g/mol. The Labute approximate surface area is 225 Å². The van der Waals surface area contributed by atoms with Crippen molar-refractivity contribution < 1.29 is 18.4 Å². The van der Waals surface area contributed by atoms with Crippen molar-refractivity contribution >= 4 is 11.9 Å². The highest BCUT2D eigenvalue weighted by Crippen LogP contribution is 2.38. The Morgan fingerprint density at radius 3 is 2.39 bits per heavy atom. The summed E-state index contributed by atoms with van der Waals surface area (Å²) in [7, 11) is 0. The first kappa shape index (κ1) is 27.3. The Kier molecular flexibility index (Phi) is 7.68. The van der Waals surface area contributed by atoms with Gasteiger partial charge in [-0.05, 0) is 76.8 Å². The molecule has 3 amide bonds. The van der Waals surface area contributed by atoms with Gasteiger partial charge in [-0.3, -0.25) is 14.7 Å². The maximum absolute atomic E-state index is 13.8. The Hall–Kier alpha value is -2.29. The number of amides is 3. The number of halogens is 2. The van der Waals surface area contributed by atoms with Gasteiger partial charge in [-0.2, -0.15) is 0 Å². The number of alkyl halides is 2. The van der Waals surface area contributed by atoms with Gasteiger partial charge < -0.3 is 14.7 Å². The number of hydrogen-bond donors (Lipinski definition) is 0. The van der Waals surface area contributed by atoms with E-state index < -0.39 is 5.92 Å². The second-order valence-electron chi connectivity index (χ2n) is 12.3. The van der Waals surface area contributed by atoms with Gasteiger partial charge in [-0.15, -0.1) is 0 Å². The summed E-state index contributed by atoms with van der Waals surface area (Å²) in [4.78, 5) is 39.1. The first-order valence-electron chi connectivity index (χ1n) is 14.5. The number of carbonyl (C=O) groups excluding carboxylic acids is 2. The number of likely N-dealkylation sites (tertiary alicyclic amines) is 2. The van der Waals surface area contributed by atoms with E-state index in [0.29, 0.717) is 26.1 Å². The van der Waals surface area contributed by atoms with E-state index in [0.717, 1.165) is 75.1 Å². The Bertz CT molecular complexity index is 1010. The number of hydrogen-bond acceptors (Lipinski definition) is 4. The van der Waals surface area contributed by atoms with E-state index in [-0.39, 0.29) is 42.3 Å². The summed E-state index contributed by atoms with van der Waals surface area (Å²) < 4.78 is 27.7. The van der Waals surface area contributed by atoms with E-state index in [2.05, 4.69) is 16.8 Å². The molecule has 3 saturated heterocycles. The minimum Gasteiger partial charge on any atom is -0.338 e. The number of piperidine rings is 2. The van der Waals surface area contributed by atoms with Crippen molar-refractivity contribution in [3.8, 4) is 0 Å². The molecule has 210 valence electrons. The van der Waals surface area contributed by atoms with Crippen molar-refractivity contribution in [1.29, 1.82) is 0 Å². The van der Waals surface area contributed by atoms with Crippen LogP contribution in [0.15, 0.2) is 12.3 Å². The SMILES string of the molecule is Cc1ccnc(C)c1C(=O)N1CCC(C)(N2CCC(N3CCN(CC4CCCC(F)(F)C4)C3=O)CC2)CC1. The second kappa shape index (κ2) is 10.7. The Morgan fingerprint density at radius 1 is 1.03 bits per heavy atom. The van der Waals surface area contributed by atoms with Crippen LogP contribution in [0.4, 0.5) is 13.6 Å². The predicted molar refractivity (Wildman–Crippen MR) is 142 cm³/mol. The second-order valence-corrected chi connectivity index (χ2v) is 12.3. The number of aromatic nitrogens is 1. The lowest BCUT2D eigenvalue weighted by molar-refractivity contribution is -0.0550. The van der Waals surface area contributed by atoms with Gasteiger partial charge in [0.05, 0.1) is 11.3 Å². The third kappa shape index (κ3) is 5.54. The van der Waals surface area contributed by atoms with Gasteiger partial charge in [-0.1, -0.05) is 0 Å². The molecule has 5 rings (SSSR count).